The van der Waals surface area contributed by atoms with E-state index in [-0.39, 0.29) is 17.9 Å². The van der Waals surface area contributed by atoms with Crippen LogP contribution in [0.2, 0.25) is 0 Å². The Hall–Kier alpha value is -0.860. The maximum atomic E-state index is 11.3. The molecule has 1 aliphatic carbocycles. The van der Waals surface area contributed by atoms with Crippen molar-refractivity contribution in [2.75, 3.05) is 19.8 Å². The molecule has 1 saturated carbocycles. The van der Waals surface area contributed by atoms with E-state index >= 15 is 0 Å². The van der Waals surface area contributed by atoms with Gasteiger partial charge in [-0.15, -0.1) is 0 Å². The van der Waals surface area contributed by atoms with Crippen molar-refractivity contribution in [1.82, 2.24) is 0 Å². The number of hydrogen-bond donors (Lipinski definition) is 2. The molecule has 0 radical (unpaired) electrons. The molecular weight excluding hydrogens is 304 g/mol. The van der Waals surface area contributed by atoms with Crippen molar-refractivity contribution >= 4 is 0 Å². The summed E-state index contributed by atoms with van der Waals surface area (Å²) in [7, 11) is 0. The number of aliphatic hydroxyl groups excluding tert-OH is 1. The standard InChI is InChI=1S/C20H32O4/c1-15(8-10-21)7-9-20(22)16(2)11-19(12-18(20,5)6)23-13-17(3,4)14-24-19/h8,16,21-22H,10-14H2,1-6H3/t16-,20+/m1/s1. The molecule has 4 nitrogen and oxygen atoms in total. The second kappa shape index (κ2) is 6.46. The van der Waals surface area contributed by atoms with E-state index in [0.29, 0.717) is 26.1 Å². The monoisotopic (exact) mass is 336 g/mol. The van der Waals surface area contributed by atoms with Gasteiger partial charge in [-0.1, -0.05) is 46.5 Å². The van der Waals surface area contributed by atoms with E-state index < -0.39 is 16.8 Å². The average Bonchev–Trinajstić information content (AvgIpc) is 2.47. The maximum absolute atomic E-state index is 11.3. The lowest BCUT2D eigenvalue weighted by molar-refractivity contribution is -0.341. The molecule has 0 aromatic heterocycles. The van der Waals surface area contributed by atoms with Crippen molar-refractivity contribution in [3.63, 3.8) is 0 Å². The molecule has 2 rings (SSSR count). The van der Waals surface area contributed by atoms with Crippen molar-refractivity contribution in [2.45, 2.75) is 65.8 Å². The highest BCUT2D eigenvalue weighted by atomic mass is 16.7. The SMILES string of the molecule is CC(C#C[C@]1(O)[C@H](C)CC2(CC1(C)C)OCC(C)(C)CO2)=CCO. The number of rotatable bonds is 1. The van der Waals surface area contributed by atoms with Crippen LogP contribution in [0.3, 0.4) is 0 Å². The largest absolute Gasteiger partial charge is 0.392 e. The molecule has 1 aliphatic heterocycles. The molecule has 0 aromatic rings. The fourth-order valence-corrected chi connectivity index (χ4v) is 3.79. The quantitative estimate of drug-likeness (QED) is 0.723. The Labute approximate surface area is 146 Å². The van der Waals surface area contributed by atoms with Crippen molar-refractivity contribution in [1.29, 1.82) is 0 Å². The first-order valence-electron chi connectivity index (χ1n) is 8.76. The highest BCUT2D eigenvalue weighted by Gasteiger charge is 2.59. The fourth-order valence-electron chi connectivity index (χ4n) is 3.79. The molecule has 24 heavy (non-hydrogen) atoms. The molecule has 1 spiro atoms. The van der Waals surface area contributed by atoms with Gasteiger partial charge in [0, 0.05) is 29.6 Å². The van der Waals surface area contributed by atoms with Crippen LogP contribution in [0.25, 0.3) is 0 Å². The molecule has 4 heteroatoms. The van der Waals surface area contributed by atoms with Crippen LogP contribution in [0, 0.1) is 28.6 Å². The smallest absolute Gasteiger partial charge is 0.169 e. The minimum atomic E-state index is -1.12. The molecule has 136 valence electrons. The van der Waals surface area contributed by atoms with E-state index in [0.717, 1.165) is 5.57 Å². The molecule has 0 amide bonds. The molecule has 1 saturated heterocycles. The summed E-state index contributed by atoms with van der Waals surface area (Å²) in [5.41, 5.74) is -0.805. The first-order chi connectivity index (χ1) is 11.0. The number of ether oxygens (including phenoxy) is 2. The summed E-state index contributed by atoms with van der Waals surface area (Å²) in [4.78, 5) is 0. The first kappa shape index (κ1) is 19.5. The predicted octanol–water partition coefficient (Wildman–Crippen LogP) is 2.88. The minimum absolute atomic E-state index is 0.0262. The van der Waals surface area contributed by atoms with Crippen LogP contribution in [-0.4, -0.2) is 41.4 Å². The summed E-state index contributed by atoms with van der Waals surface area (Å²) in [6.45, 7) is 13.5. The first-order valence-corrected chi connectivity index (χ1v) is 8.76. The van der Waals surface area contributed by atoms with E-state index in [9.17, 15) is 5.11 Å². The number of aliphatic hydroxyl groups is 2. The van der Waals surface area contributed by atoms with Crippen LogP contribution in [0.15, 0.2) is 11.6 Å². The Morgan fingerprint density at radius 2 is 1.79 bits per heavy atom. The molecule has 1 heterocycles. The third-order valence-electron chi connectivity index (χ3n) is 5.37. The lowest BCUT2D eigenvalue weighted by atomic mass is 9.58. The third kappa shape index (κ3) is 3.70. The zero-order chi connectivity index (χ0) is 18.2. The van der Waals surface area contributed by atoms with Crippen molar-refractivity contribution < 1.29 is 19.7 Å². The zero-order valence-corrected chi connectivity index (χ0v) is 15.9. The molecule has 0 aromatic carbocycles. The Morgan fingerprint density at radius 3 is 2.29 bits per heavy atom. The van der Waals surface area contributed by atoms with E-state index in [1.54, 1.807) is 6.08 Å². The number of allylic oxidation sites excluding steroid dienone is 1. The average molecular weight is 336 g/mol. The van der Waals surface area contributed by atoms with Crippen molar-refractivity contribution in [2.24, 2.45) is 16.7 Å². The van der Waals surface area contributed by atoms with Gasteiger partial charge in [-0.2, -0.15) is 0 Å². The minimum Gasteiger partial charge on any atom is -0.392 e. The lowest BCUT2D eigenvalue weighted by Gasteiger charge is -2.56. The van der Waals surface area contributed by atoms with Gasteiger partial charge in [0.1, 0.15) is 5.60 Å². The normalized spacial score (nSPS) is 34.5. The van der Waals surface area contributed by atoms with Crippen molar-refractivity contribution in [3.8, 4) is 11.8 Å². The summed E-state index contributed by atoms with van der Waals surface area (Å²) in [6.07, 6.45) is 2.88. The summed E-state index contributed by atoms with van der Waals surface area (Å²) in [5.74, 6) is 5.37. The zero-order valence-electron chi connectivity index (χ0n) is 15.9. The Kier molecular flexibility index (Phi) is 5.24. The Bertz CT molecular complexity index is 554. The van der Waals surface area contributed by atoms with E-state index in [2.05, 4.69) is 25.7 Å². The van der Waals surface area contributed by atoms with Crippen LogP contribution >= 0.6 is 0 Å². The fraction of sp³-hybridized carbons (Fsp3) is 0.800. The van der Waals surface area contributed by atoms with E-state index in [1.807, 2.05) is 27.7 Å². The molecular formula is C20H32O4. The van der Waals surface area contributed by atoms with Crippen LogP contribution in [-0.2, 0) is 9.47 Å². The van der Waals surface area contributed by atoms with Gasteiger partial charge in [-0.3, -0.25) is 0 Å². The summed E-state index contributed by atoms with van der Waals surface area (Å²) < 4.78 is 12.3. The maximum Gasteiger partial charge on any atom is 0.169 e. The van der Waals surface area contributed by atoms with Crippen LogP contribution in [0.5, 0.6) is 0 Å². The summed E-state index contributed by atoms with van der Waals surface area (Å²) in [5, 5.41) is 20.3. The van der Waals surface area contributed by atoms with Gasteiger partial charge >= 0.3 is 0 Å². The molecule has 0 unspecified atom stereocenters. The van der Waals surface area contributed by atoms with Gasteiger partial charge < -0.3 is 19.7 Å². The van der Waals surface area contributed by atoms with Gasteiger partial charge in [0.05, 0.1) is 19.8 Å². The summed E-state index contributed by atoms with van der Waals surface area (Å²) in [6, 6.07) is 0. The molecule has 2 N–H and O–H groups in total. The topological polar surface area (TPSA) is 58.9 Å². The van der Waals surface area contributed by atoms with Crippen LogP contribution in [0.4, 0.5) is 0 Å². The van der Waals surface area contributed by atoms with Gasteiger partial charge in [-0.05, 0) is 18.6 Å². The van der Waals surface area contributed by atoms with Crippen LogP contribution in [0.1, 0.15) is 54.4 Å². The Balaban J connectivity index is 2.26. The van der Waals surface area contributed by atoms with Crippen LogP contribution < -0.4 is 0 Å². The van der Waals surface area contributed by atoms with Gasteiger partial charge in [0.15, 0.2) is 5.79 Å². The Morgan fingerprint density at radius 1 is 1.21 bits per heavy atom. The number of hydrogen-bond acceptors (Lipinski definition) is 4. The lowest BCUT2D eigenvalue weighted by Crippen LogP contribution is -2.62. The van der Waals surface area contributed by atoms with Gasteiger partial charge in [0.25, 0.3) is 0 Å². The second-order valence-electron chi connectivity index (χ2n) is 8.90. The summed E-state index contributed by atoms with van der Waals surface area (Å²) >= 11 is 0. The van der Waals surface area contributed by atoms with Gasteiger partial charge in [0.2, 0.25) is 0 Å². The highest BCUT2D eigenvalue weighted by molar-refractivity contribution is 5.33. The van der Waals surface area contributed by atoms with E-state index in [4.69, 9.17) is 14.6 Å². The second-order valence-corrected chi connectivity index (χ2v) is 8.90. The van der Waals surface area contributed by atoms with E-state index in [1.165, 1.54) is 0 Å². The molecule has 2 fully saturated rings. The van der Waals surface area contributed by atoms with Gasteiger partial charge in [-0.25, -0.2) is 0 Å². The highest BCUT2D eigenvalue weighted by Crippen LogP contribution is 2.53. The molecule has 2 aliphatic rings. The molecule has 0 bridgehead atoms. The third-order valence-corrected chi connectivity index (χ3v) is 5.37. The molecule has 2 atom stereocenters. The van der Waals surface area contributed by atoms with Crippen molar-refractivity contribution in [3.05, 3.63) is 11.6 Å². The predicted molar refractivity (Wildman–Crippen MR) is 94.2 cm³/mol.